The number of carbonyl (C=O) groups is 1. The van der Waals surface area contributed by atoms with Crippen LogP contribution in [0.5, 0.6) is 5.75 Å². The first kappa shape index (κ1) is 18.9. The van der Waals surface area contributed by atoms with Gasteiger partial charge < -0.3 is 9.64 Å². The second-order valence-corrected chi connectivity index (χ2v) is 8.01. The maximum Gasteiger partial charge on any atom is 0.226 e. The van der Waals surface area contributed by atoms with Gasteiger partial charge >= 0.3 is 0 Å². The summed E-state index contributed by atoms with van der Waals surface area (Å²) in [5.74, 6) is 1.54. The monoisotopic (exact) mass is 379 g/mol. The van der Waals surface area contributed by atoms with Crippen molar-refractivity contribution in [3.63, 3.8) is 0 Å². The fourth-order valence-electron chi connectivity index (χ4n) is 4.42. The molecule has 2 aromatic rings. The van der Waals surface area contributed by atoms with Crippen LogP contribution in [-0.2, 0) is 11.3 Å². The van der Waals surface area contributed by atoms with Crippen molar-refractivity contribution in [3.8, 4) is 5.75 Å². The second kappa shape index (κ2) is 9.20. The molecule has 0 saturated carbocycles. The molecule has 28 heavy (non-hydrogen) atoms. The van der Waals surface area contributed by atoms with Crippen LogP contribution in [-0.4, -0.2) is 53.5 Å². The second-order valence-electron chi connectivity index (χ2n) is 8.01. The minimum Gasteiger partial charge on any atom is -0.492 e. The first-order chi connectivity index (χ1) is 13.8. The van der Waals surface area contributed by atoms with Gasteiger partial charge in [-0.15, -0.1) is 0 Å². The van der Waals surface area contributed by atoms with Crippen LogP contribution in [0.4, 0.5) is 0 Å². The average Bonchev–Trinajstić information content (AvgIpc) is 3.28. The van der Waals surface area contributed by atoms with Gasteiger partial charge in [0.25, 0.3) is 0 Å². The topological polar surface area (TPSA) is 45.7 Å². The zero-order valence-electron chi connectivity index (χ0n) is 16.4. The molecule has 3 heterocycles. The summed E-state index contributed by atoms with van der Waals surface area (Å²) < 4.78 is 5.98. The van der Waals surface area contributed by atoms with Crippen molar-refractivity contribution in [3.05, 3.63) is 60.4 Å². The van der Waals surface area contributed by atoms with Gasteiger partial charge in [0.2, 0.25) is 5.91 Å². The number of benzene rings is 1. The summed E-state index contributed by atoms with van der Waals surface area (Å²) >= 11 is 0. The summed E-state index contributed by atoms with van der Waals surface area (Å²) in [6.45, 7) is 5.15. The highest BCUT2D eigenvalue weighted by molar-refractivity contribution is 5.79. The summed E-state index contributed by atoms with van der Waals surface area (Å²) in [5.41, 5.74) is 1.30. The van der Waals surface area contributed by atoms with Crippen molar-refractivity contribution >= 4 is 5.91 Å². The molecule has 2 atom stereocenters. The van der Waals surface area contributed by atoms with Gasteiger partial charge in [0.1, 0.15) is 5.75 Å². The lowest BCUT2D eigenvalue weighted by molar-refractivity contribution is -0.137. The van der Waals surface area contributed by atoms with E-state index in [-0.39, 0.29) is 5.92 Å². The molecule has 0 radical (unpaired) electrons. The molecule has 2 saturated heterocycles. The van der Waals surface area contributed by atoms with Crippen molar-refractivity contribution in [1.82, 2.24) is 14.8 Å². The predicted molar refractivity (Wildman–Crippen MR) is 109 cm³/mol. The molecule has 0 unspecified atom stereocenters. The highest BCUT2D eigenvalue weighted by Crippen LogP contribution is 2.27. The summed E-state index contributed by atoms with van der Waals surface area (Å²) in [7, 11) is 0. The Kier molecular flexibility index (Phi) is 6.22. The molecule has 0 aliphatic carbocycles. The maximum absolute atomic E-state index is 13.1. The minimum absolute atomic E-state index is 0.0676. The molecule has 5 heteroatoms. The minimum atomic E-state index is 0.0676. The molecule has 1 aromatic heterocycles. The van der Waals surface area contributed by atoms with Gasteiger partial charge in [0.15, 0.2) is 0 Å². The van der Waals surface area contributed by atoms with Crippen molar-refractivity contribution in [2.45, 2.75) is 25.8 Å². The van der Waals surface area contributed by atoms with Gasteiger partial charge in [-0.05, 0) is 37.0 Å². The number of rotatable bonds is 6. The molecule has 1 aromatic carbocycles. The van der Waals surface area contributed by atoms with E-state index in [0.29, 0.717) is 18.4 Å². The Morgan fingerprint density at radius 2 is 1.89 bits per heavy atom. The normalized spacial score (nSPS) is 22.9. The van der Waals surface area contributed by atoms with Gasteiger partial charge in [-0.1, -0.05) is 30.3 Å². The zero-order valence-corrected chi connectivity index (χ0v) is 16.4. The molecule has 0 spiro atoms. The smallest absolute Gasteiger partial charge is 0.226 e. The van der Waals surface area contributed by atoms with Crippen molar-refractivity contribution in [2.75, 3.05) is 32.8 Å². The fourth-order valence-corrected chi connectivity index (χ4v) is 4.42. The number of amides is 1. The molecular weight excluding hydrogens is 350 g/mol. The highest BCUT2D eigenvalue weighted by Gasteiger charge is 2.35. The Morgan fingerprint density at radius 1 is 1.07 bits per heavy atom. The van der Waals surface area contributed by atoms with E-state index in [1.54, 1.807) is 12.4 Å². The Labute approximate surface area is 167 Å². The Morgan fingerprint density at radius 3 is 2.64 bits per heavy atom. The van der Waals surface area contributed by atoms with Crippen LogP contribution < -0.4 is 4.74 Å². The largest absolute Gasteiger partial charge is 0.492 e. The van der Waals surface area contributed by atoms with Gasteiger partial charge in [-0.25, -0.2) is 0 Å². The number of aromatic nitrogens is 1. The number of carbonyl (C=O) groups excluding carboxylic acids is 1. The van der Waals surface area contributed by atoms with Crippen molar-refractivity contribution < 1.29 is 9.53 Å². The van der Waals surface area contributed by atoms with Crippen LogP contribution in [0.25, 0.3) is 0 Å². The highest BCUT2D eigenvalue weighted by atomic mass is 16.5. The average molecular weight is 380 g/mol. The van der Waals surface area contributed by atoms with Crippen LogP contribution in [0, 0.1) is 11.8 Å². The molecule has 2 aliphatic heterocycles. The summed E-state index contributed by atoms with van der Waals surface area (Å²) in [6.07, 6.45) is 6.68. The SMILES string of the molecule is O=C([C@@H]1C[C@H](COc2cccnc2)CN(Cc2ccccc2)C1)N1CCCC1. The summed E-state index contributed by atoms with van der Waals surface area (Å²) in [4.78, 5) is 21.7. The Hall–Kier alpha value is -2.40. The molecule has 1 amide bonds. The number of ether oxygens (including phenoxy) is 1. The van der Waals surface area contributed by atoms with Crippen molar-refractivity contribution in [1.29, 1.82) is 0 Å². The van der Waals surface area contributed by atoms with E-state index in [4.69, 9.17) is 4.74 Å². The number of likely N-dealkylation sites (tertiary alicyclic amines) is 2. The summed E-state index contributed by atoms with van der Waals surface area (Å²) in [6, 6.07) is 14.3. The first-order valence-corrected chi connectivity index (χ1v) is 10.4. The van der Waals surface area contributed by atoms with E-state index >= 15 is 0 Å². The van der Waals surface area contributed by atoms with E-state index in [0.717, 1.165) is 57.7 Å². The van der Waals surface area contributed by atoms with Gasteiger partial charge in [0, 0.05) is 44.8 Å². The third kappa shape index (κ3) is 4.90. The predicted octanol–water partition coefficient (Wildman–Crippen LogP) is 3.22. The lowest BCUT2D eigenvalue weighted by Gasteiger charge is -2.38. The molecule has 5 nitrogen and oxygen atoms in total. The molecule has 4 rings (SSSR count). The number of piperidine rings is 1. The first-order valence-electron chi connectivity index (χ1n) is 10.4. The van der Waals surface area contributed by atoms with Crippen LogP contribution in [0.2, 0.25) is 0 Å². The van der Waals surface area contributed by atoms with Crippen molar-refractivity contribution in [2.24, 2.45) is 11.8 Å². The number of pyridine rings is 1. The standard InChI is InChI=1S/C23H29N3O2/c27-23(26-11-4-5-12-26)21-13-20(18-28-22-9-6-10-24-14-22)16-25(17-21)15-19-7-2-1-3-8-19/h1-3,6-10,14,20-21H,4-5,11-13,15-18H2/t20-,21+/m0/s1. The van der Waals surface area contributed by atoms with E-state index < -0.39 is 0 Å². The molecule has 2 aliphatic rings. The molecule has 148 valence electrons. The quantitative estimate of drug-likeness (QED) is 0.773. The summed E-state index contributed by atoms with van der Waals surface area (Å²) in [5, 5.41) is 0. The number of hydrogen-bond acceptors (Lipinski definition) is 4. The maximum atomic E-state index is 13.1. The lowest BCUT2D eigenvalue weighted by atomic mass is 9.88. The molecule has 0 N–H and O–H groups in total. The fraction of sp³-hybridized carbons (Fsp3) is 0.478. The van der Waals surface area contributed by atoms with E-state index in [1.165, 1.54) is 5.56 Å². The van der Waals surface area contributed by atoms with Crippen LogP contribution in [0.15, 0.2) is 54.9 Å². The van der Waals surface area contributed by atoms with E-state index in [1.807, 2.05) is 18.2 Å². The van der Waals surface area contributed by atoms with Gasteiger partial charge in [0.05, 0.1) is 18.7 Å². The molecule has 2 fully saturated rings. The Bertz CT molecular complexity index is 747. The Balaban J connectivity index is 1.42. The third-order valence-corrected chi connectivity index (χ3v) is 5.75. The molecular formula is C23H29N3O2. The van der Waals surface area contributed by atoms with E-state index in [2.05, 4.69) is 39.0 Å². The van der Waals surface area contributed by atoms with Gasteiger partial charge in [-0.3, -0.25) is 14.7 Å². The van der Waals surface area contributed by atoms with Crippen LogP contribution >= 0.6 is 0 Å². The van der Waals surface area contributed by atoms with Crippen LogP contribution in [0.1, 0.15) is 24.8 Å². The number of nitrogens with zero attached hydrogens (tertiary/aromatic N) is 3. The van der Waals surface area contributed by atoms with Crippen LogP contribution in [0.3, 0.4) is 0 Å². The third-order valence-electron chi connectivity index (χ3n) is 5.75. The zero-order chi connectivity index (χ0) is 19.2. The molecule has 0 bridgehead atoms. The van der Waals surface area contributed by atoms with E-state index in [9.17, 15) is 4.79 Å². The number of hydrogen-bond donors (Lipinski definition) is 0. The lowest BCUT2D eigenvalue weighted by Crippen LogP contribution is -2.47. The van der Waals surface area contributed by atoms with Gasteiger partial charge in [-0.2, -0.15) is 0 Å².